The van der Waals surface area contributed by atoms with Crippen LogP contribution >= 0.6 is 22.6 Å². The fraction of sp³-hybridized carbons (Fsp3) is 0.0500. The molecule has 0 saturated heterocycles. The normalized spacial score (nSPS) is 11.5. The standard InChI is InChI=1S/C20H15IN8O/c1-11-13(12-6-2-4-8-15(12)23-11)10-22-27-18-17(24-16-9-5-3-7-14(16)21)25-19-20(26-18)29-30-28-19/h2-10,23H,1H3,(H,24,25,28)(H,26,27,29). The Hall–Kier alpha value is -3.54. The van der Waals surface area contributed by atoms with Crippen molar-refractivity contribution in [1.82, 2.24) is 25.3 Å². The lowest BCUT2D eigenvalue weighted by molar-refractivity contribution is 0.314. The molecule has 0 saturated carbocycles. The van der Waals surface area contributed by atoms with Gasteiger partial charge in [0.2, 0.25) is 11.3 Å². The predicted octanol–water partition coefficient (Wildman–Crippen LogP) is 4.60. The Morgan fingerprint density at radius 3 is 2.57 bits per heavy atom. The van der Waals surface area contributed by atoms with Crippen molar-refractivity contribution in [3.63, 3.8) is 0 Å². The molecule has 3 heterocycles. The average molecular weight is 510 g/mol. The summed E-state index contributed by atoms with van der Waals surface area (Å²) in [6, 6.07) is 16.0. The van der Waals surface area contributed by atoms with Crippen molar-refractivity contribution in [2.75, 3.05) is 10.7 Å². The zero-order valence-corrected chi connectivity index (χ0v) is 17.9. The number of hydrogen-bond donors (Lipinski definition) is 3. The minimum atomic E-state index is 0.296. The van der Waals surface area contributed by atoms with Crippen LogP contribution in [0.4, 0.5) is 17.3 Å². The Labute approximate surface area is 184 Å². The monoisotopic (exact) mass is 510 g/mol. The Balaban J connectivity index is 1.49. The van der Waals surface area contributed by atoms with Crippen molar-refractivity contribution in [3.8, 4) is 0 Å². The number of hydrazone groups is 1. The number of fused-ring (bicyclic) bond motifs is 2. The summed E-state index contributed by atoms with van der Waals surface area (Å²) in [5.41, 5.74) is 7.56. The van der Waals surface area contributed by atoms with Crippen LogP contribution in [0, 0.1) is 10.5 Å². The summed E-state index contributed by atoms with van der Waals surface area (Å²) < 4.78 is 5.79. The summed E-state index contributed by atoms with van der Waals surface area (Å²) in [6.07, 6.45) is 1.76. The topological polar surface area (TPSA) is 117 Å². The van der Waals surface area contributed by atoms with E-state index in [-0.39, 0.29) is 0 Å². The van der Waals surface area contributed by atoms with Crippen molar-refractivity contribution in [3.05, 3.63) is 63.4 Å². The minimum absolute atomic E-state index is 0.296. The SMILES string of the molecule is Cc1[nH]c2ccccc2c1C=NNc1nc2nonc2nc1Nc1ccccc1I. The summed E-state index contributed by atoms with van der Waals surface area (Å²) in [7, 11) is 0. The highest BCUT2D eigenvalue weighted by Gasteiger charge is 2.14. The van der Waals surface area contributed by atoms with Crippen molar-refractivity contribution in [2.45, 2.75) is 6.92 Å². The van der Waals surface area contributed by atoms with Gasteiger partial charge in [-0.15, -0.1) is 0 Å². The molecule has 3 N–H and O–H groups in total. The van der Waals surface area contributed by atoms with Gasteiger partial charge in [-0.1, -0.05) is 30.3 Å². The van der Waals surface area contributed by atoms with Crippen LogP contribution in [0.1, 0.15) is 11.3 Å². The summed E-state index contributed by atoms with van der Waals surface area (Å²) in [4.78, 5) is 12.3. The van der Waals surface area contributed by atoms with Crippen molar-refractivity contribution >= 4 is 68.3 Å². The van der Waals surface area contributed by atoms with Crippen LogP contribution in [0.3, 0.4) is 0 Å². The molecule has 0 atom stereocenters. The molecule has 5 aromatic rings. The van der Waals surface area contributed by atoms with E-state index in [1.54, 1.807) is 6.21 Å². The second kappa shape index (κ2) is 7.71. The van der Waals surface area contributed by atoms with E-state index in [4.69, 9.17) is 4.63 Å². The first-order valence-electron chi connectivity index (χ1n) is 9.07. The Bertz CT molecular complexity index is 1390. The van der Waals surface area contributed by atoms with E-state index >= 15 is 0 Å². The lowest BCUT2D eigenvalue weighted by Gasteiger charge is -2.10. The largest absolute Gasteiger partial charge is 0.358 e. The van der Waals surface area contributed by atoms with E-state index in [9.17, 15) is 0 Å². The maximum Gasteiger partial charge on any atom is 0.245 e. The van der Waals surface area contributed by atoms with Gasteiger partial charge in [-0.2, -0.15) is 10.1 Å². The molecule has 0 unspecified atom stereocenters. The van der Waals surface area contributed by atoms with Crippen LogP contribution in [0.15, 0.2) is 58.3 Å². The quantitative estimate of drug-likeness (QED) is 0.180. The third kappa shape index (κ3) is 3.45. The van der Waals surface area contributed by atoms with Gasteiger partial charge in [0.15, 0.2) is 11.6 Å². The Kier molecular flexibility index (Phi) is 4.75. The lowest BCUT2D eigenvalue weighted by atomic mass is 10.1. The molecular formula is C20H15IN8O. The molecule has 2 aromatic carbocycles. The summed E-state index contributed by atoms with van der Waals surface area (Å²) in [6.45, 7) is 2.01. The van der Waals surface area contributed by atoms with Gasteiger partial charge in [0.1, 0.15) is 0 Å². The first-order chi connectivity index (χ1) is 14.7. The van der Waals surface area contributed by atoms with Crippen molar-refractivity contribution < 1.29 is 4.63 Å². The van der Waals surface area contributed by atoms with Crippen LogP contribution in [0.25, 0.3) is 22.2 Å². The van der Waals surface area contributed by atoms with E-state index in [2.05, 4.69) is 69.8 Å². The molecule has 0 aliphatic carbocycles. The van der Waals surface area contributed by atoms with Gasteiger partial charge in [-0.25, -0.2) is 9.61 Å². The van der Waals surface area contributed by atoms with Gasteiger partial charge in [-0.3, -0.25) is 5.43 Å². The molecule has 0 fully saturated rings. The van der Waals surface area contributed by atoms with Gasteiger partial charge in [0, 0.05) is 25.7 Å². The van der Waals surface area contributed by atoms with Gasteiger partial charge >= 0.3 is 0 Å². The van der Waals surface area contributed by atoms with Crippen LogP contribution in [0.2, 0.25) is 0 Å². The number of rotatable bonds is 5. The molecule has 10 heteroatoms. The first-order valence-corrected chi connectivity index (χ1v) is 10.1. The molecule has 3 aromatic heterocycles. The number of hydrogen-bond acceptors (Lipinski definition) is 8. The van der Waals surface area contributed by atoms with Crippen LogP contribution in [-0.2, 0) is 0 Å². The molecule has 0 aliphatic rings. The second-order valence-electron chi connectivity index (χ2n) is 6.52. The number of nitrogens with zero attached hydrogens (tertiary/aromatic N) is 5. The van der Waals surface area contributed by atoms with Gasteiger partial charge in [-0.05, 0) is 58.0 Å². The zero-order chi connectivity index (χ0) is 20.5. The Morgan fingerprint density at radius 2 is 1.73 bits per heavy atom. The number of para-hydroxylation sites is 2. The van der Waals surface area contributed by atoms with E-state index in [1.807, 2.05) is 49.4 Å². The molecule has 0 aliphatic heterocycles. The third-order valence-electron chi connectivity index (χ3n) is 4.55. The minimum Gasteiger partial charge on any atom is -0.358 e. The molecule has 30 heavy (non-hydrogen) atoms. The fourth-order valence-electron chi connectivity index (χ4n) is 3.12. The summed E-state index contributed by atoms with van der Waals surface area (Å²) in [5.74, 6) is 0.877. The van der Waals surface area contributed by atoms with Gasteiger partial charge in [0.05, 0.1) is 11.9 Å². The average Bonchev–Trinajstić information content (AvgIpc) is 3.33. The highest BCUT2D eigenvalue weighted by molar-refractivity contribution is 14.1. The van der Waals surface area contributed by atoms with Crippen LogP contribution in [-0.4, -0.2) is 31.5 Å². The molecule has 0 spiro atoms. The maximum atomic E-state index is 4.75. The molecule has 0 radical (unpaired) electrons. The van der Waals surface area contributed by atoms with Crippen LogP contribution < -0.4 is 10.7 Å². The smallest absolute Gasteiger partial charge is 0.245 e. The fourth-order valence-corrected chi connectivity index (χ4v) is 3.64. The highest BCUT2D eigenvalue weighted by Crippen LogP contribution is 2.27. The molecular weight excluding hydrogens is 495 g/mol. The van der Waals surface area contributed by atoms with Gasteiger partial charge in [0.25, 0.3) is 0 Å². The van der Waals surface area contributed by atoms with E-state index in [0.29, 0.717) is 22.9 Å². The van der Waals surface area contributed by atoms with Gasteiger partial charge < -0.3 is 10.3 Å². The summed E-state index contributed by atoms with van der Waals surface area (Å²) >= 11 is 2.25. The Morgan fingerprint density at radius 1 is 1.00 bits per heavy atom. The molecule has 0 amide bonds. The number of nitrogens with one attached hydrogen (secondary N) is 3. The number of aromatic nitrogens is 5. The number of aryl methyl sites for hydroxylation is 1. The number of aromatic amines is 1. The van der Waals surface area contributed by atoms with E-state index in [0.717, 1.165) is 31.4 Å². The first kappa shape index (κ1) is 18.5. The lowest BCUT2D eigenvalue weighted by Crippen LogP contribution is -2.04. The van der Waals surface area contributed by atoms with E-state index in [1.165, 1.54) is 0 Å². The molecule has 148 valence electrons. The third-order valence-corrected chi connectivity index (χ3v) is 5.49. The number of H-pyrrole nitrogens is 1. The zero-order valence-electron chi connectivity index (χ0n) is 15.7. The van der Waals surface area contributed by atoms with Crippen molar-refractivity contribution in [2.24, 2.45) is 5.10 Å². The molecule has 0 bridgehead atoms. The van der Waals surface area contributed by atoms with Crippen LogP contribution in [0.5, 0.6) is 0 Å². The predicted molar refractivity (Wildman–Crippen MR) is 124 cm³/mol. The number of anilines is 3. The second-order valence-corrected chi connectivity index (χ2v) is 7.68. The summed E-state index contributed by atoms with van der Waals surface area (Å²) in [5, 5.41) is 16.3. The van der Waals surface area contributed by atoms with Crippen molar-refractivity contribution in [1.29, 1.82) is 0 Å². The highest BCUT2D eigenvalue weighted by atomic mass is 127. The molecule has 5 rings (SSSR count). The number of halogens is 1. The number of benzene rings is 2. The maximum absolute atomic E-state index is 4.75. The molecule has 9 nitrogen and oxygen atoms in total. The van der Waals surface area contributed by atoms with E-state index < -0.39 is 0 Å².